The minimum atomic E-state index is -0.638. The Morgan fingerprint density at radius 1 is 0.900 bits per heavy atom. The van der Waals surface area contributed by atoms with Crippen LogP contribution in [0.15, 0.2) is 48.5 Å². The molecule has 0 saturated carbocycles. The molecule has 106 valence electrons. The molecule has 2 aromatic rings. The highest BCUT2D eigenvalue weighted by Gasteiger charge is 2.10. The van der Waals surface area contributed by atoms with Crippen molar-refractivity contribution in [3.8, 4) is 11.5 Å². The molecule has 0 aromatic heterocycles. The molecule has 0 aliphatic heterocycles. The minimum Gasteiger partial charge on any atom is -0.497 e. The SMILES string of the molecule is CCCOc1ccc(C(O)c2ccc(OC)cc2)cc1. The fraction of sp³-hybridized carbons (Fsp3) is 0.294. The monoisotopic (exact) mass is 272 g/mol. The lowest BCUT2D eigenvalue weighted by Gasteiger charge is -2.13. The summed E-state index contributed by atoms with van der Waals surface area (Å²) in [5.74, 6) is 1.61. The van der Waals surface area contributed by atoms with Crippen LogP contribution in [0, 0.1) is 0 Å². The molecule has 0 heterocycles. The fourth-order valence-corrected chi connectivity index (χ4v) is 1.94. The number of hydrogen-bond donors (Lipinski definition) is 1. The quantitative estimate of drug-likeness (QED) is 0.873. The van der Waals surface area contributed by atoms with E-state index in [0.29, 0.717) is 6.61 Å². The van der Waals surface area contributed by atoms with Crippen molar-refractivity contribution in [2.45, 2.75) is 19.4 Å². The van der Waals surface area contributed by atoms with Gasteiger partial charge in [0.2, 0.25) is 0 Å². The predicted molar refractivity (Wildman–Crippen MR) is 79.3 cm³/mol. The molecule has 20 heavy (non-hydrogen) atoms. The number of aliphatic hydroxyl groups excluding tert-OH is 1. The largest absolute Gasteiger partial charge is 0.497 e. The van der Waals surface area contributed by atoms with Crippen LogP contribution < -0.4 is 9.47 Å². The number of hydrogen-bond acceptors (Lipinski definition) is 3. The summed E-state index contributed by atoms with van der Waals surface area (Å²) < 4.78 is 10.6. The van der Waals surface area contributed by atoms with Crippen LogP contribution in [0.5, 0.6) is 11.5 Å². The van der Waals surface area contributed by atoms with Crippen molar-refractivity contribution in [3.63, 3.8) is 0 Å². The molecule has 0 aliphatic carbocycles. The van der Waals surface area contributed by atoms with E-state index >= 15 is 0 Å². The van der Waals surface area contributed by atoms with Gasteiger partial charge in [0.05, 0.1) is 13.7 Å². The molecule has 1 atom stereocenters. The standard InChI is InChI=1S/C17H20O3/c1-3-12-20-16-10-6-14(7-11-16)17(18)13-4-8-15(19-2)9-5-13/h4-11,17-18H,3,12H2,1-2H3. The lowest BCUT2D eigenvalue weighted by atomic mass is 10.0. The van der Waals surface area contributed by atoms with Crippen LogP contribution in [0.1, 0.15) is 30.6 Å². The van der Waals surface area contributed by atoms with Crippen LogP contribution in [0.2, 0.25) is 0 Å². The predicted octanol–water partition coefficient (Wildman–Crippen LogP) is 3.57. The summed E-state index contributed by atoms with van der Waals surface area (Å²) >= 11 is 0. The summed E-state index contributed by atoms with van der Waals surface area (Å²) in [7, 11) is 1.63. The van der Waals surface area contributed by atoms with E-state index in [-0.39, 0.29) is 0 Å². The highest BCUT2D eigenvalue weighted by molar-refractivity contribution is 5.36. The summed E-state index contributed by atoms with van der Waals surface area (Å²) in [6, 6.07) is 15.0. The van der Waals surface area contributed by atoms with Gasteiger partial charge in [-0.1, -0.05) is 31.2 Å². The molecule has 0 bridgehead atoms. The van der Waals surface area contributed by atoms with Gasteiger partial charge in [-0.2, -0.15) is 0 Å². The van der Waals surface area contributed by atoms with Crippen LogP contribution >= 0.6 is 0 Å². The van der Waals surface area contributed by atoms with Crippen LogP contribution in [0.25, 0.3) is 0 Å². The zero-order valence-corrected chi connectivity index (χ0v) is 11.9. The zero-order chi connectivity index (χ0) is 14.4. The highest BCUT2D eigenvalue weighted by atomic mass is 16.5. The Morgan fingerprint density at radius 3 is 1.85 bits per heavy atom. The molecule has 0 saturated heterocycles. The van der Waals surface area contributed by atoms with E-state index < -0.39 is 6.10 Å². The van der Waals surface area contributed by atoms with Gasteiger partial charge in [-0.15, -0.1) is 0 Å². The van der Waals surface area contributed by atoms with Gasteiger partial charge in [0, 0.05) is 0 Å². The van der Waals surface area contributed by atoms with Gasteiger partial charge in [-0.25, -0.2) is 0 Å². The smallest absolute Gasteiger partial charge is 0.119 e. The summed E-state index contributed by atoms with van der Waals surface area (Å²) in [6.45, 7) is 2.78. The Balaban J connectivity index is 2.09. The second kappa shape index (κ2) is 6.96. The van der Waals surface area contributed by atoms with Gasteiger partial charge >= 0.3 is 0 Å². The van der Waals surface area contributed by atoms with Gasteiger partial charge < -0.3 is 14.6 Å². The van der Waals surface area contributed by atoms with E-state index in [0.717, 1.165) is 29.0 Å². The van der Waals surface area contributed by atoms with Gasteiger partial charge in [0.15, 0.2) is 0 Å². The Kier molecular flexibility index (Phi) is 5.02. The van der Waals surface area contributed by atoms with E-state index in [1.807, 2.05) is 48.5 Å². The van der Waals surface area contributed by atoms with E-state index in [1.165, 1.54) is 0 Å². The maximum Gasteiger partial charge on any atom is 0.119 e. The topological polar surface area (TPSA) is 38.7 Å². The number of benzene rings is 2. The Bertz CT molecular complexity index is 517. The summed E-state index contributed by atoms with van der Waals surface area (Å²) in [5.41, 5.74) is 1.69. The summed E-state index contributed by atoms with van der Waals surface area (Å²) in [5, 5.41) is 10.3. The van der Waals surface area contributed by atoms with E-state index in [9.17, 15) is 5.11 Å². The normalized spacial score (nSPS) is 11.9. The van der Waals surface area contributed by atoms with Crippen LogP contribution in [0.3, 0.4) is 0 Å². The maximum absolute atomic E-state index is 10.3. The Morgan fingerprint density at radius 2 is 1.40 bits per heavy atom. The Labute approximate surface area is 119 Å². The van der Waals surface area contributed by atoms with Crippen molar-refractivity contribution >= 4 is 0 Å². The lowest BCUT2D eigenvalue weighted by molar-refractivity contribution is 0.220. The van der Waals surface area contributed by atoms with Crippen molar-refractivity contribution in [3.05, 3.63) is 59.7 Å². The van der Waals surface area contributed by atoms with Crippen LogP contribution in [0.4, 0.5) is 0 Å². The Hall–Kier alpha value is -2.00. The van der Waals surface area contributed by atoms with E-state index in [2.05, 4.69) is 6.92 Å². The highest BCUT2D eigenvalue weighted by Crippen LogP contribution is 2.25. The summed E-state index contributed by atoms with van der Waals surface area (Å²) in [4.78, 5) is 0. The third kappa shape index (κ3) is 3.52. The third-order valence-electron chi connectivity index (χ3n) is 3.10. The van der Waals surface area contributed by atoms with Crippen molar-refractivity contribution in [2.75, 3.05) is 13.7 Å². The lowest BCUT2D eigenvalue weighted by Crippen LogP contribution is -2.00. The first-order valence-electron chi connectivity index (χ1n) is 6.79. The third-order valence-corrected chi connectivity index (χ3v) is 3.10. The average molecular weight is 272 g/mol. The average Bonchev–Trinajstić information content (AvgIpc) is 2.53. The van der Waals surface area contributed by atoms with E-state index in [1.54, 1.807) is 7.11 Å². The van der Waals surface area contributed by atoms with Gasteiger partial charge in [0.25, 0.3) is 0 Å². The second-order valence-corrected chi connectivity index (χ2v) is 4.59. The van der Waals surface area contributed by atoms with Crippen molar-refractivity contribution < 1.29 is 14.6 Å². The molecule has 3 heteroatoms. The van der Waals surface area contributed by atoms with Crippen molar-refractivity contribution in [1.29, 1.82) is 0 Å². The number of ether oxygens (including phenoxy) is 2. The fourth-order valence-electron chi connectivity index (χ4n) is 1.94. The second-order valence-electron chi connectivity index (χ2n) is 4.59. The molecule has 0 aliphatic rings. The zero-order valence-electron chi connectivity index (χ0n) is 11.9. The molecular formula is C17H20O3. The number of rotatable bonds is 6. The van der Waals surface area contributed by atoms with Gasteiger partial charge in [-0.05, 0) is 41.8 Å². The molecule has 1 unspecified atom stereocenters. The molecular weight excluding hydrogens is 252 g/mol. The van der Waals surface area contributed by atoms with Crippen molar-refractivity contribution in [2.24, 2.45) is 0 Å². The minimum absolute atomic E-state index is 0.638. The van der Waals surface area contributed by atoms with Crippen LogP contribution in [-0.4, -0.2) is 18.8 Å². The molecule has 2 rings (SSSR count). The molecule has 0 spiro atoms. The molecule has 2 aromatic carbocycles. The van der Waals surface area contributed by atoms with Gasteiger partial charge in [0.1, 0.15) is 17.6 Å². The number of methoxy groups -OCH3 is 1. The molecule has 0 fully saturated rings. The summed E-state index contributed by atoms with van der Waals surface area (Å²) in [6.07, 6.45) is 0.345. The van der Waals surface area contributed by atoms with E-state index in [4.69, 9.17) is 9.47 Å². The first-order valence-corrected chi connectivity index (χ1v) is 6.79. The van der Waals surface area contributed by atoms with Gasteiger partial charge in [-0.3, -0.25) is 0 Å². The van der Waals surface area contributed by atoms with Crippen molar-refractivity contribution in [1.82, 2.24) is 0 Å². The first kappa shape index (κ1) is 14.4. The molecule has 3 nitrogen and oxygen atoms in total. The molecule has 1 N–H and O–H groups in total. The maximum atomic E-state index is 10.3. The van der Waals surface area contributed by atoms with Crippen LogP contribution in [-0.2, 0) is 0 Å². The number of aliphatic hydroxyl groups is 1. The molecule has 0 amide bonds. The molecule has 0 radical (unpaired) electrons. The first-order chi connectivity index (χ1) is 9.74.